The summed E-state index contributed by atoms with van der Waals surface area (Å²) in [5.74, 6) is -0.0339. The third-order valence-corrected chi connectivity index (χ3v) is 5.28. The van der Waals surface area contributed by atoms with Crippen molar-refractivity contribution in [3.8, 4) is 0 Å². The van der Waals surface area contributed by atoms with E-state index in [9.17, 15) is 9.59 Å². The fourth-order valence-electron chi connectivity index (χ4n) is 3.19. The molecule has 2 aromatic heterocycles. The van der Waals surface area contributed by atoms with E-state index in [0.717, 1.165) is 17.7 Å². The predicted molar refractivity (Wildman–Crippen MR) is 93.1 cm³/mol. The third-order valence-electron chi connectivity index (χ3n) is 4.34. The van der Waals surface area contributed by atoms with Crippen molar-refractivity contribution in [2.45, 2.75) is 27.2 Å². The van der Waals surface area contributed by atoms with Crippen LogP contribution in [0.4, 0.5) is 0 Å². The first-order valence-electron chi connectivity index (χ1n) is 7.71. The van der Waals surface area contributed by atoms with Crippen LogP contribution in [0.5, 0.6) is 0 Å². The minimum atomic E-state index is -0.0282. The number of amides is 1. The number of aryl methyl sites for hydroxylation is 1. The molecule has 23 heavy (non-hydrogen) atoms. The summed E-state index contributed by atoms with van der Waals surface area (Å²) in [5, 5.41) is 2.07. The molecule has 0 radical (unpaired) electrons. The van der Waals surface area contributed by atoms with Crippen LogP contribution in [-0.4, -0.2) is 34.7 Å². The van der Waals surface area contributed by atoms with Gasteiger partial charge in [0.15, 0.2) is 5.78 Å². The molecule has 0 saturated heterocycles. The van der Waals surface area contributed by atoms with Gasteiger partial charge in [0.25, 0.3) is 5.91 Å². The van der Waals surface area contributed by atoms with Crippen LogP contribution >= 0.6 is 11.3 Å². The summed E-state index contributed by atoms with van der Waals surface area (Å²) in [6, 6.07) is 4.17. The Morgan fingerprint density at radius 1 is 1.30 bits per heavy atom. The molecule has 2 aromatic rings. The number of thiophene rings is 1. The molecule has 0 saturated carbocycles. The molecular weight excluding hydrogens is 308 g/mol. The first-order valence-corrected chi connectivity index (χ1v) is 8.59. The third kappa shape index (κ3) is 2.88. The van der Waals surface area contributed by atoms with E-state index in [2.05, 4.69) is 22.5 Å². The lowest BCUT2D eigenvalue weighted by molar-refractivity contribution is 0.0767. The Kier molecular flexibility index (Phi) is 4.22. The van der Waals surface area contributed by atoms with Gasteiger partial charge in [-0.05, 0) is 49.8 Å². The maximum absolute atomic E-state index is 12.8. The van der Waals surface area contributed by atoms with Gasteiger partial charge in [-0.2, -0.15) is 0 Å². The fraction of sp³-hybridized carbons (Fsp3) is 0.333. The van der Waals surface area contributed by atoms with Crippen molar-refractivity contribution < 1.29 is 9.59 Å². The van der Waals surface area contributed by atoms with E-state index < -0.39 is 0 Å². The smallest absolute Gasteiger partial charge is 0.270 e. The van der Waals surface area contributed by atoms with E-state index in [1.54, 1.807) is 11.3 Å². The van der Waals surface area contributed by atoms with Gasteiger partial charge >= 0.3 is 0 Å². The second-order valence-corrected chi connectivity index (χ2v) is 6.84. The SMILES string of the molecule is CC(=O)c1c(C)[nH]c(C(=O)N2CC=C(c3cccs3)CC2)c1C. The van der Waals surface area contributed by atoms with Crippen molar-refractivity contribution in [1.82, 2.24) is 9.88 Å². The Labute approximate surface area is 139 Å². The van der Waals surface area contributed by atoms with Crippen LogP contribution in [0.1, 0.15) is 50.3 Å². The van der Waals surface area contributed by atoms with E-state index in [1.165, 1.54) is 17.4 Å². The number of hydrogen-bond acceptors (Lipinski definition) is 3. The summed E-state index contributed by atoms with van der Waals surface area (Å²) in [4.78, 5) is 30.7. The van der Waals surface area contributed by atoms with Gasteiger partial charge in [-0.25, -0.2) is 0 Å². The molecule has 0 fully saturated rings. The van der Waals surface area contributed by atoms with E-state index in [4.69, 9.17) is 0 Å². The Hall–Kier alpha value is -2.14. The number of carbonyl (C=O) groups is 2. The molecule has 0 atom stereocenters. The van der Waals surface area contributed by atoms with Crippen molar-refractivity contribution in [2.24, 2.45) is 0 Å². The maximum atomic E-state index is 12.8. The molecule has 1 N–H and O–H groups in total. The van der Waals surface area contributed by atoms with Gasteiger partial charge in [0.05, 0.1) is 0 Å². The second kappa shape index (κ2) is 6.16. The molecule has 0 aromatic carbocycles. The number of rotatable bonds is 3. The van der Waals surface area contributed by atoms with Crippen molar-refractivity contribution in [3.05, 3.63) is 51.0 Å². The molecule has 4 nitrogen and oxygen atoms in total. The number of aromatic nitrogens is 1. The lowest BCUT2D eigenvalue weighted by atomic mass is 10.0. The number of Topliss-reactive ketones (excluding diaryl/α,β-unsaturated/α-hetero) is 1. The highest BCUT2D eigenvalue weighted by atomic mass is 32.1. The standard InChI is InChI=1S/C18H20N2O2S/c1-11-16(13(3)21)12(2)19-17(11)18(22)20-8-6-14(7-9-20)15-5-4-10-23-15/h4-6,10,19H,7-9H2,1-3H3. The van der Waals surface area contributed by atoms with E-state index in [0.29, 0.717) is 24.3 Å². The largest absolute Gasteiger partial charge is 0.354 e. The van der Waals surface area contributed by atoms with Crippen LogP contribution in [0.15, 0.2) is 23.6 Å². The molecule has 1 aliphatic heterocycles. The van der Waals surface area contributed by atoms with Crippen LogP contribution in [0.25, 0.3) is 5.57 Å². The van der Waals surface area contributed by atoms with Crippen LogP contribution in [0.3, 0.4) is 0 Å². The molecule has 0 unspecified atom stereocenters. The number of nitrogens with zero attached hydrogens (tertiary/aromatic N) is 1. The molecular formula is C18H20N2O2S. The monoisotopic (exact) mass is 328 g/mol. The van der Waals surface area contributed by atoms with Gasteiger partial charge in [0.2, 0.25) is 0 Å². The highest BCUT2D eigenvalue weighted by Crippen LogP contribution is 2.27. The first kappa shape index (κ1) is 15.7. The Morgan fingerprint density at radius 2 is 2.09 bits per heavy atom. The van der Waals surface area contributed by atoms with E-state index in [1.807, 2.05) is 24.8 Å². The van der Waals surface area contributed by atoms with Gasteiger partial charge in [-0.15, -0.1) is 11.3 Å². The predicted octanol–water partition coefficient (Wildman–Crippen LogP) is 3.83. The summed E-state index contributed by atoms with van der Waals surface area (Å²) < 4.78 is 0. The Bertz CT molecular complexity index is 784. The molecule has 0 spiro atoms. The summed E-state index contributed by atoms with van der Waals surface area (Å²) in [6.45, 7) is 6.53. The zero-order valence-electron chi connectivity index (χ0n) is 13.6. The summed E-state index contributed by atoms with van der Waals surface area (Å²) >= 11 is 1.73. The lowest BCUT2D eigenvalue weighted by Gasteiger charge is -2.26. The van der Waals surface area contributed by atoms with Gasteiger partial charge in [0.1, 0.15) is 5.69 Å². The average Bonchev–Trinajstić information content (AvgIpc) is 3.15. The lowest BCUT2D eigenvalue weighted by Crippen LogP contribution is -2.35. The number of hydrogen-bond donors (Lipinski definition) is 1. The molecule has 0 bridgehead atoms. The molecule has 3 rings (SSSR count). The summed E-state index contributed by atoms with van der Waals surface area (Å²) in [5.41, 5.74) is 4.02. The van der Waals surface area contributed by atoms with E-state index >= 15 is 0 Å². The number of aromatic amines is 1. The number of carbonyl (C=O) groups excluding carboxylic acids is 2. The van der Waals surface area contributed by atoms with E-state index in [-0.39, 0.29) is 11.7 Å². The van der Waals surface area contributed by atoms with Gasteiger partial charge < -0.3 is 9.88 Å². The van der Waals surface area contributed by atoms with Gasteiger partial charge in [-0.3, -0.25) is 9.59 Å². The van der Waals surface area contributed by atoms with Crippen LogP contribution in [0.2, 0.25) is 0 Å². The Morgan fingerprint density at radius 3 is 2.61 bits per heavy atom. The van der Waals surface area contributed by atoms with Crippen molar-refractivity contribution in [2.75, 3.05) is 13.1 Å². The first-order chi connectivity index (χ1) is 11.0. The average molecular weight is 328 g/mol. The van der Waals surface area contributed by atoms with Crippen molar-refractivity contribution >= 4 is 28.6 Å². The zero-order valence-corrected chi connectivity index (χ0v) is 14.4. The highest BCUT2D eigenvalue weighted by Gasteiger charge is 2.25. The molecule has 1 amide bonds. The minimum absolute atomic E-state index is 0.00572. The Balaban J connectivity index is 1.80. The molecule has 1 aliphatic rings. The second-order valence-electron chi connectivity index (χ2n) is 5.89. The minimum Gasteiger partial charge on any atom is -0.354 e. The molecule has 5 heteroatoms. The molecule has 0 aliphatic carbocycles. The molecule has 120 valence electrons. The topological polar surface area (TPSA) is 53.2 Å². The zero-order chi connectivity index (χ0) is 16.6. The summed E-state index contributed by atoms with van der Waals surface area (Å²) in [7, 11) is 0. The normalized spacial score (nSPS) is 14.7. The van der Waals surface area contributed by atoms with Crippen LogP contribution < -0.4 is 0 Å². The van der Waals surface area contributed by atoms with Crippen molar-refractivity contribution in [3.63, 3.8) is 0 Å². The quantitative estimate of drug-likeness (QED) is 0.871. The molecule has 3 heterocycles. The highest BCUT2D eigenvalue weighted by molar-refractivity contribution is 7.11. The van der Waals surface area contributed by atoms with Crippen LogP contribution in [-0.2, 0) is 0 Å². The summed E-state index contributed by atoms with van der Waals surface area (Å²) in [6.07, 6.45) is 2.99. The fourth-order valence-corrected chi connectivity index (χ4v) is 3.99. The van der Waals surface area contributed by atoms with Gasteiger partial charge in [-0.1, -0.05) is 12.1 Å². The number of H-pyrrole nitrogens is 1. The van der Waals surface area contributed by atoms with Crippen molar-refractivity contribution in [1.29, 1.82) is 0 Å². The number of nitrogens with one attached hydrogen (secondary N) is 1. The maximum Gasteiger partial charge on any atom is 0.270 e. The van der Waals surface area contributed by atoms with Crippen LogP contribution in [0, 0.1) is 13.8 Å². The number of ketones is 1. The van der Waals surface area contributed by atoms with Gasteiger partial charge in [0, 0.05) is 29.2 Å².